The lowest BCUT2D eigenvalue weighted by molar-refractivity contribution is -0.121. The minimum Gasteiger partial charge on any atom is -0.496 e. The van der Waals surface area contributed by atoms with E-state index in [-0.39, 0.29) is 18.3 Å². The Kier molecular flexibility index (Phi) is 9.86. The van der Waals surface area contributed by atoms with Crippen LogP contribution < -0.4 is 15.4 Å². The highest BCUT2D eigenvalue weighted by Crippen LogP contribution is 2.18. The predicted octanol–water partition coefficient (Wildman–Crippen LogP) is 2.08. The van der Waals surface area contributed by atoms with Crippen molar-refractivity contribution in [2.75, 3.05) is 27.2 Å². The number of halogens is 1. The second-order valence-electron chi connectivity index (χ2n) is 4.61. The van der Waals surface area contributed by atoms with E-state index in [2.05, 4.69) is 16.7 Å². The van der Waals surface area contributed by atoms with Crippen LogP contribution in [-0.4, -0.2) is 33.2 Å². The monoisotopic (exact) mass is 300 g/mol. The van der Waals surface area contributed by atoms with Gasteiger partial charge in [0.2, 0.25) is 5.91 Å². The number of ether oxygens (including phenoxy) is 1. The molecule has 0 spiro atoms. The van der Waals surface area contributed by atoms with Gasteiger partial charge in [0.15, 0.2) is 0 Å². The Balaban J connectivity index is 0.00000361. The molecule has 1 amide bonds. The van der Waals surface area contributed by atoms with Gasteiger partial charge in [-0.25, -0.2) is 0 Å². The van der Waals surface area contributed by atoms with Gasteiger partial charge in [0.25, 0.3) is 0 Å². The Morgan fingerprint density at radius 3 is 2.70 bits per heavy atom. The molecule has 0 heterocycles. The fourth-order valence-corrected chi connectivity index (χ4v) is 1.88. The van der Waals surface area contributed by atoms with Gasteiger partial charge in [-0.15, -0.1) is 12.4 Å². The molecule has 0 aromatic heterocycles. The van der Waals surface area contributed by atoms with Crippen molar-refractivity contribution in [2.24, 2.45) is 0 Å². The van der Waals surface area contributed by atoms with Gasteiger partial charge in [0.05, 0.1) is 7.11 Å². The second-order valence-corrected chi connectivity index (χ2v) is 4.61. The van der Waals surface area contributed by atoms with Crippen molar-refractivity contribution in [3.63, 3.8) is 0 Å². The summed E-state index contributed by atoms with van der Waals surface area (Å²) < 4.78 is 5.28. The Morgan fingerprint density at radius 1 is 1.30 bits per heavy atom. The van der Waals surface area contributed by atoms with Crippen LogP contribution in [0.3, 0.4) is 0 Å². The molecule has 0 aliphatic rings. The van der Waals surface area contributed by atoms with Crippen molar-refractivity contribution in [2.45, 2.75) is 26.2 Å². The Morgan fingerprint density at radius 2 is 2.05 bits per heavy atom. The molecular weight excluding hydrogens is 276 g/mol. The van der Waals surface area contributed by atoms with E-state index in [4.69, 9.17) is 4.74 Å². The molecule has 1 rings (SSSR count). The Labute approximate surface area is 127 Å². The molecule has 0 atom stereocenters. The number of amides is 1. The molecule has 4 nitrogen and oxygen atoms in total. The topological polar surface area (TPSA) is 50.4 Å². The van der Waals surface area contributed by atoms with Crippen LogP contribution in [0.25, 0.3) is 0 Å². The number of benzene rings is 1. The summed E-state index contributed by atoms with van der Waals surface area (Å²) in [6, 6.07) is 6.15. The SMILES string of the molecule is CNCCCC(=O)NCCc1ccc(C)c(OC)c1.Cl. The molecule has 1 aromatic rings. The summed E-state index contributed by atoms with van der Waals surface area (Å²) in [5, 5.41) is 5.96. The molecule has 114 valence electrons. The Hall–Kier alpha value is -1.26. The van der Waals surface area contributed by atoms with Gasteiger partial charge in [-0.05, 0) is 50.6 Å². The van der Waals surface area contributed by atoms with Gasteiger partial charge in [0.1, 0.15) is 5.75 Å². The van der Waals surface area contributed by atoms with Gasteiger partial charge < -0.3 is 15.4 Å². The van der Waals surface area contributed by atoms with E-state index in [1.807, 2.05) is 26.1 Å². The molecule has 2 N–H and O–H groups in total. The van der Waals surface area contributed by atoms with Crippen LogP contribution in [0.4, 0.5) is 0 Å². The first-order valence-corrected chi connectivity index (χ1v) is 6.72. The maximum atomic E-state index is 11.5. The number of hydrogen-bond acceptors (Lipinski definition) is 3. The number of methoxy groups -OCH3 is 1. The molecule has 0 radical (unpaired) electrons. The van der Waals surface area contributed by atoms with Crippen LogP contribution in [0.15, 0.2) is 18.2 Å². The summed E-state index contributed by atoms with van der Waals surface area (Å²) in [6.45, 7) is 3.57. The number of carbonyl (C=O) groups is 1. The summed E-state index contributed by atoms with van der Waals surface area (Å²) >= 11 is 0. The minimum absolute atomic E-state index is 0. The van der Waals surface area contributed by atoms with E-state index < -0.39 is 0 Å². The van der Waals surface area contributed by atoms with E-state index in [1.165, 1.54) is 5.56 Å². The third-order valence-electron chi connectivity index (χ3n) is 3.04. The summed E-state index contributed by atoms with van der Waals surface area (Å²) in [6.07, 6.45) is 2.28. The fourth-order valence-electron chi connectivity index (χ4n) is 1.88. The maximum absolute atomic E-state index is 11.5. The zero-order valence-corrected chi connectivity index (χ0v) is 13.3. The largest absolute Gasteiger partial charge is 0.496 e. The number of hydrogen-bond donors (Lipinski definition) is 2. The molecule has 5 heteroatoms. The third-order valence-corrected chi connectivity index (χ3v) is 3.04. The first kappa shape index (κ1) is 18.7. The standard InChI is InChI=1S/C15H24N2O2.ClH/c1-12-6-7-13(11-14(12)19-3)8-10-17-15(18)5-4-9-16-2;/h6-7,11,16H,4-5,8-10H2,1-3H3,(H,17,18);1H. The van der Waals surface area contributed by atoms with Crippen molar-refractivity contribution in [3.8, 4) is 5.75 Å². The van der Waals surface area contributed by atoms with Crippen molar-refractivity contribution >= 4 is 18.3 Å². The molecule has 1 aromatic carbocycles. The highest BCUT2D eigenvalue weighted by molar-refractivity contribution is 5.85. The average molecular weight is 301 g/mol. The summed E-state index contributed by atoms with van der Waals surface area (Å²) in [5.41, 5.74) is 2.31. The van der Waals surface area contributed by atoms with E-state index in [1.54, 1.807) is 7.11 Å². The molecule has 0 unspecified atom stereocenters. The lowest BCUT2D eigenvalue weighted by Gasteiger charge is -2.08. The molecule has 0 bridgehead atoms. The van der Waals surface area contributed by atoms with Crippen LogP contribution in [0.1, 0.15) is 24.0 Å². The van der Waals surface area contributed by atoms with E-state index in [0.29, 0.717) is 13.0 Å². The average Bonchev–Trinajstić information content (AvgIpc) is 2.41. The predicted molar refractivity (Wildman–Crippen MR) is 84.9 cm³/mol. The van der Waals surface area contributed by atoms with E-state index >= 15 is 0 Å². The van der Waals surface area contributed by atoms with Crippen LogP contribution in [0.5, 0.6) is 5.75 Å². The highest BCUT2D eigenvalue weighted by Gasteiger charge is 2.02. The molecule has 0 aliphatic heterocycles. The third kappa shape index (κ3) is 6.78. The van der Waals surface area contributed by atoms with Gasteiger partial charge in [-0.1, -0.05) is 12.1 Å². The molecule has 0 saturated carbocycles. The fraction of sp³-hybridized carbons (Fsp3) is 0.533. The zero-order chi connectivity index (χ0) is 14.1. The lowest BCUT2D eigenvalue weighted by atomic mass is 10.1. The minimum atomic E-state index is 0. The summed E-state index contributed by atoms with van der Waals surface area (Å²) in [4.78, 5) is 11.5. The highest BCUT2D eigenvalue weighted by atomic mass is 35.5. The molecule has 0 aliphatic carbocycles. The quantitative estimate of drug-likeness (QED) is 0.723. The first-order valence-electron chi connectivity index (χ1n) is 6.72. The van der Waals surface area contributed by atoms with Crippen molar-refractivity contribution in [1.82, 2.24) is 10.6 Å². The van der Waals surface area contributed by atoms with Gasteiger partial charge in [-0.3, -0.25) is 4.79 Å². The number of nitrogens with one attached hydrogen (secondary N) is 2. The van der Waals surface area contributed by atoms with Crippen LogP contribution in [0, 0.1) is 6.92 Å². The number of aryl methyl sites for hydroxylation is 1. The van der Waals surface area contributed by atoms with Crippen LogP contribution >= 0.6 is 12.4 Å². The van der Waals surface area contributed by atoms with Gasteiger partial charge >= 0.3 is 0 Å². The molecule has 0 fully saturated rings. The van der Waals surface area contributed by atoms with Crippen LogP contribution in [-0.2, 0) is 11.2 Å². The molecule has 20 heavy (non-hydrogen) atoms. The Bertz CT molecular complexity index is 411. The number of rotatable bonds is 8. The lowest BCUT2D eigenvalue weighted by Crippen LogP contribution is -2.26. The van der Waals surface area contributed by atoms with E-state index in [9.17, 15) is 4.79 Å². The zero-order valence-electron chi connectivity index (χ0n) is 12.5. The van der Waals surface area contributed by atoms with Crippen molar-refractivity contribution in [3.05, 3.63) is 29.3 Å². The van der Waals surface area contributed by atoms with Gasteiger partial charge in [0, 0.05) is 13.0 Å². The second kappa shape index (κ2) is 10.5. The maximum Gasteiger partial charge on any atom is 0.220 e. The normalized spacial score (nSPS) is 9.75. The smallest absolute Gasteiger partial charge is 0.220 e. The summed E-state index contributed by atoms with van der Waals surface area (Å²) in [5.74, 6) is 1.02. The van der Waals surface area contributed by atoms with Crippen molar-refractivity contribution < 1.29 is 9.53 Å². The van der Waals surface area contributed by atoms with Gasteiger partial charge in [-0.2, -0.15) is 0 Å². The molecule has 0 saturated heterocycles. The van der Waals surface area contributed by atoms with E-state index in [0.717, 1.165) is 30.7 Å². The van der Waals surface area contributed by atoms with Crippen LogP contribution in [0.2, 0.25) is 0 Å². The first-order chi connectivity index (χ1) is 9.17. The van der Waals surface area contributed by atoms with Crippen molar-refractivity contribution in [1.29, 1.82) is 0 Å². The number of carbonyl (C=O) groups excluding carboxylic acids is 1. The summed E-state index contributed by atoms with van der Waals surface area (Å²) in [7, 11) is 3.57. The molecular formula is C15H25ClN2O2.